The largest absolute Gasteiger partial charge is 0.436 e. The van der Waals surface area contributed by atoms with Crippen LogP contribution in [0, 0.1) is 0 Å². The van der Waals surface area contributed by atoms with Gasteiger partial charge in [0.15, 0.2) is 11.2 Å². The molecular weight excluding hydrogens is 729 g/mol. The Morgan fingerprint density at radius 1 is 0.357 bits per heavy atom. The third-order valence-corrected chi connectivity index (χ3v) is 12.7. The summed E-state index contributed by atoms with van der Waals surface area (Å²) in [6.45, 7) is 0. The van der Waals surface area contributed by atoms with Gasteiger partial charge in [-0.3, -0.25) is 0 Å². The normalized spacial score (nSPS) is 13.1. The van der Waals surface area contributed by atoms with E-state index in [1.165, 1.54) is 19.6 Å². The maximum absolute atomic E-state index is 6.53. The predicted octanol–water partition coefficient (Wildman–Crippen LogP) is 14.3. The van der Waals surface area contributed by atoms with Gasteiger partial charge in [-0.15, -0.1) is 0 Å². The summed E-state index contributed by atoms with van der Waals surface area (Å²) < 4.78 is 13.1. The number of hydrogen-bond acceptors (Lipinski definition) is 8. The van der Waals surface area contributed by atoms with E-state index in [9.17, 15) is 0 Å². The molecule has 2 aromatic heterocycles. The monoisotopic (exact) mass is 756 g/mol. The number of benzene rings is 8. The van der Waals surface area contributed by atoms with Gasteiger partial charge in [-0.05, 0) is 97.1 Å². The van der Waals surface area contributed by atoms with Crippen LogP contribution in [0.4, 0.5) is 34.1 Å². The Morgan fingerprint density at radius 3 is 1.07 bits per heavy atom. The molecule has 6 nitrogen and oxygen atoms in total. The van der Waals surface area contributed by atoms with E-state index in [1.54, 1.807) is 23.5 Å². The van der Waals surface area contributed by atoms with Crippen LogP contribution in [0.2, 0.25) is 0 Å². The lowest BCUT2D eigenvalue weighted by Crippen LogP contribution is -2.17. The van der Waals surface area contributed by atoms with Gasteiger partial charge in [0, 0.05) is 41.5 Å². The third kappa shape index (κ3) is 4.93. The zero-order valence-corrected chi connectivity index (χ0v) is 31.2. The molecule has 4 heterocycles. The summed E-state index contributed by atoms with van der Waals surface area (Å²) in [5.41, 5.74) is 11.3. The molecule has 2 aliphatic rings. The first-order valence-corrected chi connectivity index (χ1v) is 20.0. The van der Waals surface area contributed by atoms with Crippen molar-refractivity contribution in [3.8, 4) is 22.9 Å². The van der Waals surface area contributed by atoms with Crippen molar-refractivity contribution in [3.63, 3.8) is 0 Å². The number of hydrogen-bond donors (Lipinski definition) is 0. The molecule has 0 saturated heterocycles. The lowest BCUT2D eigenvalue weighted by molar-refractivity contribution is 0.619. The van der Waals surface area contributed by atoms with Crippen LogP contribution >= 0.6 is 23.5 Å². The molecule has 0 unspecified atom stereocenters. The first-order valence-electron chi connectivity index (χ1n) is 18.4. The third-order valence-electron chi connectivity index (χ3n) is 10.5. The quantitative estimate of drug-likeness (QED) is 0.176. The number of nitrogens with zero attached hydrogens (tertiary/aromatic N) is 4. The Hall–Kier alpha value is -6.74. The lowest BCUT2D eigenvalue weighted by Gasteiger charge is -2.36. The number of para-hydroxylation sites is 8. The van der Waals surface area contributed by atoms with Crippen molar-refractivity contribution in [2.45, 2.75) is 19.6 Å². The van der Waals surface area contributed by atoms with E-state index < -0.39 is 0 Å². The SMILES string of the molecule is c1ccc2c(c1)Sc1ccccc1N2c1cc(-c2nc3ccccc3o2)cc2c(N3c4ccccc4Sc4ccccc43)cc(-c3nc4ccccc4o3)cc12. The molecule has 0 radical (unpaired) electrons. The summed E-state index contributed by atoms with van der Waals surface area (Å²) in [5.74, 6) is 1.12. The smallest absolute Gasteiger partial charge is 0.227 e. The van der Waals surface area contributed by atoms with Crippen molar-refractivity contribution >= 4 is 90.6 Å². The minimum Gasteiger partial charge on any atom is -0.436 e. The molecule has 12 rings (SSSR count). The number of rotatable bonds is 4. The zero-order valence-electron chi connectivity index (χ0n) is 29.6. The fraction of sp³-hybridized carbons (Fsp3) is 0. The van der Waals surface area contributed by atoms with Gasteiger partial charge in [-0.1, -0.05) is 96.3 Å². The average Bonchev–Trinajstić information content (AvgIpc) is 3.89. The first-order chi connectivity index (χ1) is 27.7. The summed E-state index contributed by atoms with van der Waals surface area (Å²) in [6, 6.07) is 59.3. The minimum atomic E-state index is 0.561. The van der Waals surface area contributed by atoms with E-state index >= 15 is 0 Å². The predicted molar refractivity (Wildman–Crippen MR) is 228 cm³/mol. The maximum atomic E-state index is 6.53. The number of oxazole rings is 2. The van der Waals surface area contributed by atoms with Gasteiger partial charge >= 0.3 is 0 Å². The molecule has 0 aliphatic carbocycles. The van der Waals surface area contributed by atoms with Crippen molar-refractivity contribution in [3.05, 3.63) is 170 Å². The van der Waals surface area contributed by atoms with Crippen LogP contribution in [0.3, 0.4) is 0 Å². The summed E-state index contributed by atoms with van der Waals surface area (Å²) in [6.07, 6.45) is 0. The van der Waals surface area contributed by atoms with E-state index in [-0.39, 0.29) is 0 Å². The second kappa shape index (κ2) is 12.4. The molecule has 0 bridgehead atoms. The molecule has 0 spiro atoms. The molecule has 264 valence electrons. The summed E-state index contributed by atoms with van der Waals surface area (Å²) in [7, 11) is 0. The maximum Gasteiger partial charge on any atom is 0.227 e. The highest BCUT2D eigenvalue weighted by Gasteiger charge is 2.31. The van der Waals surface area contributed by atoms with Gasteiger partial charge in [0.25, 0.3) is 0 Å². The van der Waals surface area contributed by atoms with Crippen LogP contribution < -0.4 is 9.80 Å². The van der Waals surface area contributed by atoms with Gasteiger partial charge in [0.2, 0.25) is 11.8 Å². The van der Waals surface area contributed by atoms with Crippen molar-refractivity contribution in [2.75, 3.05) is 9.80 Å². The van der Waals surface area contributed by atoms with Gasteiger partial charge in [0.1, 0.15) is 11.0 Å². The van der Waals surface area contributed by atoms with Crippen LogP contribution in [-0.4, -0.2) is 9.97 Å². The number of anilines is 6. The molecular formula is C48H28N4O2S2. The molecule has 2 aliphatic heterocycles. The van der Waals surface area contributed by atoms with Gasteiger partial charge in [-0.25, -0.2) is 9.97 Å². The highest BCUT2D eigenvalue weighted by Crippen LogP contribution is 2.57. The first kappa shape index (κ1) is 31.6. The fourth-order valence-corrected chi connectivity index (χ4v) is 10.1. The van der Waals surface area contributed by atoms with E-state index in [0.29, 0.717) is 11.8 Å². The fourth-order valence-electron chi connectivity index (χ4n) is 7.96. The summed E-state index contributed by atoms with van der Waals surface area (Å²) in [5, 5.41) is 2.06. The summed E-state index contributed by atoms with van der Waals surface area (Å²) in [4.78, 5) is 19.6. The highest BCUT2D eigenvalue weighted by atomic mass is 32.2. The van der Waals surface area contributed by atoms with Crippen LogP contribution in [0.15, 0.2) is 198 Å². The average molecular weight is 757 g/mol. The Balaban J connectivity index is 1.23. The minimum absolute atomic E-state index is 0.561. The van der Waals surface area contributed by atoms with Crippen LogP contribution in [0.1, 0.15) is 0 Å². The van der Waals surface area contributed by atoms with E-state index in [0.717, 1.165) is 78.2 Å². The van der Waals surface area contributed by atoms with Gasteiger partial charge in [-0.2, -0.15) is 0 Å². The van der Waals surface area contributed by atoms with Gasteiger partial charge < -0.3 is 18.6 Å². The van der Waals surface area contributed by atoms with Crippen molar-refractivity contribution in [1.29, 1.82) is 0 Å². The second-order valence-corrected chi connectivity index (χ2v) is 16.0. The van der Waals surface area contributed by atoms with Crippen LogP contribution in [0.25, 0.3) is 55.9 Å². The second-order valence-electron chi connectivity index (χ2n) is 13.8. The molecule has 0 N–H and O–H groups in total. The molecule has 56 heavy (non-hydrogen) atoms. The van der Waals surface area contributed by atoms with E-state index in [2.05, 4.69) is 131 Å². The molecule has 10 aromatic rings. The molecule has 0 saturated carbocycles. The highest BCUT2D eigenvalue weighted by molar-refractivity contribution is 8.00. The van der Waals surface area contributed by atoms with Crippen molar-refractivity contribution < 1.29 is 8.83 Å². The Bertz CT molecular complexity index is 2830. The number of fused-ring (bicyclic) bond motifs is 7. The standard InChI is InChI=1S/C48H28N4O2S2/c1-7-19-41-33(13-1)49-47(53-41)29-25-31-32(39(27-29)51-35-15-3-9-21-43(35)55-44-22-10-4-16-36(44)51)26-30(48-50-34-14-2-8-20-42(34)54-48)28-40(31)52-37-17-5-11-23-45(37)56-46-24-12-6-18-38(46)52/h1-28H. The van der Waals surface area contributed by atoms with Crippen molar-refractivity contribution in [1.82, 2.24) is 9.97 Å². The molecule has 0 atom stereocenters. The molecule has 0 amide bonds. The van der Waals surface area contributed by atoms with Crippen LogP contribution in [0.5, 0.6) is 0 Å². The Kier molecular flexibility index (Phi) is 6.99. The lowest BCUT2D eigenvalue weighted by atomic mass is 9.97. The molecule has 8 aromatic carbocycles. The Morgan fingerprint density at radius 2 is 0.696 bits per heavy atom. The van der Waals surface area contributed by atoms with Crippen molar-refractivity contribution in [2.24, 2.45) is 0 Å². The molecule has 8 heteroatoms. The topological polar surface area (TPSA) is 58.5 Å². The number of aromatic nitrogens is 2. The van der Waals surface area contributed by atoms with Crippen LogP contribution in [-0.2, 0) is 0 Å². The summed E-state index contributed by atoms with van der Waals surface area (Å²) >= 11 is 3.59. The van der Waals surface area contributed by atoms with E-state index in [1.807, 2.05) is 48.5 Å². The van der Waals surface area contributed by atoms with E-state index in [4.69, 9.17) is 18.8 Å². The van der Waals surface area contributed by atoms with Gasteiger partial charge in [0.05, 0.1) is 34.1 Å². The zero-order chi connectivity index (χ0) is 36.7. The Labute approximate surface area is 330 Å². The molecule has 0 fully saturated rings.